The van der Waals surface area contributed by atoms with Crippen molar-refractivity contribution in [1.82, 2.24) is 4.90 Å². The zero-order chi connectivity index (χ0) is 13.8. The van der Waals surface area contributed by atoms with Gasteiger partial charge in [-0.05, 0) is 26.2 Å². The Hall–Kier alpha value is -0.620. The lowest BCUT2D eigenvalue weighted by Gasteiger charge is -2.28. The molecule has 0 bridgehead atoms. The summed E-state index contributed by atoms with van der Waals surface area (Å²) in [6, 6.07) is -0.125. The minimum Gasteiger partial charge on any atom is -0.339 e. The summed E-state index contributed by atoms with van der Waals surface area (Å²) >= 11 is 0. The fourth-order valence-electron chi connectivity index (χ4n) is 2.27. The monoisotopic (exact) mass is 276 g/mol. The van der Waals surface area contributed by atoms with Gasteiger partial charge in [0.05, 0.1) is 11.5 Å². The van der Waals surface area contributed by atoms with E-state index >= 15 is 0 Å². The molecule has 1 fully saturated rings. The van der Waals surface area contributed by atoms with Gasteiger partial charge in [0, 0.05) is 25.0 Å². The Morgan fingerprint density at radius 2 is 2.17 bits per heavy atom. The van der Waals surface area contributed by atoms with E-state index in [4.69, 9.17) is 5.73 Å². The number of hydrogen-bond donors (Lipinski definition) is 1. The molecule has 1 aliphatic heterocycles. The number of carbonyl (C=O) groups excluding carboxylic acids is 1. The first-order chi connectivity index (χ1) is 8.35. The zero-order valence-electron chi connectivity index (χ0n) is 11.3. The Morgan fingerprint density at radius 1 is 1.50 bits per heavy atom. The summed E-state index contributed by atoms with van der Waals surface area (Å²) < 4.78 is 23.0. The van der Waals surface area contributed by atoms with E-state index in [1.807, 2.05) is 13.8 Å². The van der Waals surface area contributed by atoms with Gasteiger partial charge in [-0.3, -0.25) is 4.79 Å². The lowest BCUT2D eigenvalue weighted by molar-refractivity contribution is -0.133. The summed E-state index contributed by atoms with van der Waals surface area (Å²) in [5.41, 5.74) is 5.64. The first-order valence-corrected chi connectivity index (χ1v) is 8.43. The van der Waals surface area contributed by atoms with Gasteiger partial charge in [-0.1, -0.05) is 6.92 Å². The molecule has 2 atom stereocenters. The highest BCUT2D eigenvalue weighted by Crippen LogP contribution is 2.19. The summed E-state index contributed by atoms with van der Waals surface area (Å²) in [7, 11) is -2.94. The Labute approximate surface area is 110 Å². The predicted molar refractivity (Wildman–Crippen MR) is 71.9 cm³/mol. The van der Waals surface area contributed by atoms with Crippen molar-refractivity contribution < 1.29 is 13.2 Å². The Morgan fingerprint density at radius 3 is 2.61 bits per heavy atom. The average Bonchev–Trinajstić information content (AvgIpc) is 2.63. The largest absolute Gasteiger partial charge is 0.339 e. The van der Waals surface area contributed by atoms with Gasteiger partial charge in [0.25, 0.3) is 0 Å². The van der Waals surface area contributed by atoms with E-state index < -0.39 is 9.84 Å². The molecular weight excluding hydrogens is 252 g/mol. The smallest absolute Gasteiger partial charge is 0.222 e. The normalized spacial score (nSPS) is 23.8. The van der Waals surface area contributed by atoms with Crippen LogP contribution in [0.4, 0.5) is 0 Å². The molecule has 2 N–H and O–H groups in total. The fourth-order valence-corrected chi connectivity index (χ4v) is 4.00. The molecule has 18 heavy (non-hydrogen) atoms. The second-order valence-electron chi connectivity index (χ2n) is 5.16. The Balaban J connectivity index is 2.62. The molecule has 106 valence electrons. The van der Waals surface area contributed by atoms with Crippen LogP contribution in [0, 0.1) is 0 Å². The van der Waals surface area contributed by atoms with Crippen LogP contribution < -0.4 is 5.73 Å². The van der Waals surface area contributed by atoms with Gasteiger partial charge in [0.2, 0.25) is 5.91 Å². The van der Waals surface area contributed by atoms with Gasteiger partial charge >= 0.3 is 0 Å². The van der Waals surface area contributed by atoms with E-state index in [1.54, 1.807) is 4.90 Å². The van der Waals surface area contributed by atoms with Gasteiger partial charge in [0.1, 0.15) is 0 Å². The van der Waals surface area contributed by atoms with E-state index in [2.05, 4.69) is 0 Å². The maximum absolute atomic E-state index is 12.1. The van der Waals surface area contributed by atoms with E-state index in [9.17, 15) is 13.2 Å². The van der Waals surface area contributed by atoms with Crippen molar-refractivity contribution >= 4 is 15.7 Å². The molecular formula is C12H24N2O3S. The van der Waals surface area contributed by atoms with Crippen molar-refractivity contribution in [2.75, 3.05) is 18.1 Å². The summed E-state index contributed by atoms with van der Waals surface area (Å²) in [6.45, 7) is 4.50. The number of nitrogens with zero attached hydrogens (tertiary/aromatic N) is 1. The molecule has 5 nitrogen and oxygen atoms in total. The minimum absolute atomic E-state index is 0.00439. The maximum atomic E-state index is 12.1. The molecule has 0 aromatic heterocycles. The van der Waals surface area contributed by atoms with Crippen LogP contribution in [0.25, 0.3) is 0 Å². The van der Waals surface area contributed by atoms with Crippen LogP contribution in [0.2, 0.25) is 0 Å². The summed E-state index contributed by atoms with van der Waals surface area (Å²) in [4.78, 5) is 13.9. The number of amides is 1. The van der Waals surface area contributed by atoms with Gasteiger partial charge in [0.15, 0.2) is 9.84 Å². The number of carbonyl (C=O) groups is 1. The summed E-state index contributed by atoms with van der Waals surface area (Å²) in [5.74, 6) is 0.367. The second-order valence-corrected chi connectivity index (χ2v) is 7.39. The van der Waals surface area contributed by atoms with Crippen LogP contribution in [-0.2, 0) is 14.6 Å². The molecule has 1 amide bonds. The SMILES string of the molecule is CCCN(C(=O)CCC(C)N)C1CCS(=O)(=O)C1. The van der Waals surface area contributed by atoms with Crippen molar-refractivity contribution in [2.24, 2.45) is 5.73 Å². The Kier molecular flexibility index (Phi) is 5.59. The highest BCUT2D eigenvalue weighted by Gasteiger charge is 2.33. The minimum atomic E-state index is -2.94. The number of sulfone groups is 1. The molecule has 0 radical (unpaired) electrons. The predicted octanol–water partition coefficient (Wildman–Crippen LogP) is 0.540. The topological polar surface area (TPSA) is 80.5 Å². The van der Waals surface area contributed by atoms with Gasteiger partial charge in [-0.2, -0.15) is 0 Å². The van der Waals surface area contributed by atoms with Crippen LogP contribution in [-0.4, -0.2) is 49.4 Å². The van der Waals surface area contributed by atoms with Crippen molar-refractivity contribution in [3.05, 3.63) is 0 Å². The van der Waals surface area contributed by atoms with Crippen LogP contribution in [0.15, 0.2) is 0 Å². The van der Waals surface area contributed by atoms with E-state index in [-0.39, 0.29) is 29.5 Å². The van der Waals surface area contributed by atoms with Gasteiger partial charge < -0.3 is 10.6 Å². The van der Waals surface area contributed by atoms with Crippen molar-refractivity contribution in [3.8, 4) is 0 Å². The fraction of sp³-hybridized carbons (Fsp3) is 0.917. The van der Waals surface area contributed by atoms with E-state index in [0.717, 1.165) is 6.42 Å². The molecule has 1 heterocycles. The van der Waals surface area contributed by atoms with Gasteiger partial charge in [-0.15, -0.1) is 0 Å². The highest BCUT2D eigenvalue weighted by atomic mass is 32.2. The Bertz CT molecular complexity index is 379. The lowest BCUT2D eigenvalue weighted by Crippen LogP contribution is -2.42. The van der Waals surface area contributed by atoms with Crippen molar-refractivity contribution in [2.45, 2.75) is 51.6 Å². The molecule has 0 aromatic carbocycles. The van der Waals surface area contributed by atoms with Crippen LogP contribution in [0.5, 0.6) is 0 Å². The molecule has 1 saturated heterocycles. The molecule has 0 aliphatic carbocycles. The molecule has 1 rings (SSSR count). The third kappa shape index (κ3) is 4.57. The number of nitrogens with two attached hydrogens (primary N) is 1. The molecule has 0 spiro atoms. The quantitative estimate of drug-likeness (QED) is 0.768. The second kappa shape index (κ2) is 6.52. The summed E-state index contributed by atoms with van der Waals surface area (Å²) in [5, 5.41) is 0. The lowest BCUT2D eigenvalue weighted by atomic mass is 10.1. The van der Waals surface area contributed by atoms with Crippen molar-refractivity contribution in [3.63, 3.8) is 0 Å². The highest BCUT2D eigenvalue weighted by molar-refractivity contribution is 7.91. The maximum Gasteiger partial charge on any atom is 0.222 e. The van der Waals surface area contributed by atoms with E-state index in [1.165, 1.54) is 0 Å². The zero-order valence-corrected chi connectivity index (χ0v) is 12.1. The number of rotatable bonds is 6. The molecule has 6 heteroatoms. The van der Waals surface area contributed by atoms with E-state index in [0.29, 0.717) is 25.8 Å². The average molecular weight is 276 g/mol. The number of hydrogen-bond acceptors (Lipinski definition) is 4. The summed E-state index contributed by atoms with van der Waals surface area (Å²) in [6.07, 6.45) is 2.49. The van der Waals surface area contributed by atoms with Crippen LogP contribution >= 0.6 is 0 Å². The third-order valence-corrected chi connectivity index (χ3v) is 5.00. The molecule has 0 saturated carbocycles. The van der Waals surface area contributed by atoms with Gasteiger partial charge in [-0.25, -0.2) is 8.42 Å². The standard InChI is InChI=1S/C12H24N2O3S/c1-3-7-14(12(15)5-4-10(2)13)11-6-8-18(16,17)9-11/h10-11H,3-9,13H2,1-2H3. The van der Waals surface area contributed by atoms with Crippen LogP contribution in [0.1, 0.15) is 39.5 Å². The molecule has 0 aromatic rings. The third-order valence-electron chi connectivity index (χ3n) is 3.25. The molecule has 2 unspecified atom stereocenters. The first kappa shape index (κ1) is 15.4. The van der Waals surface area contributed by atoms with Crippen LogP contribution in [0.3, 0.4) is 0 Å². The van der Waals surface area contributed by atoms with Crippen molar-refractivity contribution in [1.29, 1.82) is 0 Å². The molecule has 1 aliphatic rings. The first-order valence-electron chi connectivity index (χ1n) is 6.61.